The lowest BCUT2D eigenvalue weighted by Crippen LogP contribution is -2.12. The maximum absolute atomic E-state index is 12.6. The zero-order valence-corrected chi connectivity index (χ0v) is 10.6. The quantitative estimate of drug-likeness (QED) is 0.365. The van der Waals surface area contributed by atoms with Crippen LogP contribution in [0, 0.1) is 10.1 Å². The molecular weight excluding hydrogens is 337 g/mol. The van der Waals surface area contributed by atoms with E-state index in [1.165, 1.54) is 0 Å². The summed E-state index contributed by atoms with van der Waals surface area (Å²) in [5, 5.41) is 10.5. The van der Waals surface area contributed by atoms with Gasteiger partial charge in [0, 0.05) is 22.3 Å². The molecule has 1 aromatic carbocycles. The normalized spacial score (nSPS) is 12.8. The monoisotopic (exact) mass is 339 g/mol. The van der Waals surface area contributed by atoms with Gasteiger partial charge in [0.05, 0.1) is 9.82 Å². The molecule has 0 bridgehead atoms. The number of hydrogen-bond donors (Lipinski definition) is 0. The molecule has 0 aliphatic heterocycles. The largest absolute Gasteiger partial charge is 0.423 e. The molecule has 1 rings (SSSR count). The molecular formula is C8H3ClF5NO4S. The van der Waals surface area contributed by atoms with Crippen LogP contribution in [-0.2, 0) is 15.2 Å². The van der Waals surface area contributed by atoms with E-state index < -0.39 is 48.3 Å². The zero-order chi connectivity index (χ0) is 15.9. The highest BCUT2D eigenvalue weighted by atomic mass is 35.7. The van der Waals surface area contributed by atoms with Gasteiger partial charge in [-0.15, -0.1) is 0 Å². The van der Waals surface area contributed by atoms with E-state index in [2.05, 4.69) is 0 Å². The Morgan fingerprint density at radius 2 is 1.75 bits per heavy atom. The van der Waals surface area contributed by atoms with Crippen molar-refractivity contribution in [3.8, 4) is 0 Å². The Kier molecular flexibility index (Phi) is 4.25. The van der Waals surface area contributed by atoms with Crippen LogP contribution < -0.4 is 0 Å². The molecule has 5 nitrogen and oxygen atoms in total. The van der Waals surface area contributed by atoms with Crippen LogP contribution in [0.25, 0.3) is 0 Å². The second-order valence-electron chi connectivity index (χ2n) is 3.40. The highest BCUT2D eigenvalue weighted by molar-refractivity contribution is 8.13. The molecule has 0 unspecified atom stereocenters. The third-order valence-electron chi connectivity index (χ3n) is 2.13. The second-order valence-corrected chi connectivity index (χ2v) is 5.93. The predicted octanol–water partition coefficient (Wildman–Crippen LogP) is 3.48. The first-order chi connectivity index (χ1) is 8.85. The van der Waals surface area contributed by atoms with Crippen molar-refractivity contribution in [2.24, 2.45) is 0 Å². The molecule has 0 N–H and O–H groups in total. The van der Waals surface area contributed by atoms with Crippen LogP contribution in [-0.4, -0.2) is 13.3 Å². The Bertz CT molecular complexity index is 658. The highest BCUT2D eigenvalue weighted by Crippen LogP contribution is 2.41. The van der Waals surface area contributed by atoms with E-state index in [1.54, 1.807) is 0 Å². The first-order valence-electron chi connectivity index (χ1n) is 4.48. The number of halogens is 6. The Balaban J connectivity index is 3.84. The van der Waals surface area contributed by atoms with Gasteiger partial charge in [0.15, 0.2) is 0 Å². The lowest BCUT2D eigenvalue weighted by atomic mass is 10.1. The van der Waals surface area contributed by atoms with E-state index in [4.69, 9.17) is 10.7 Å². The van der Waals surface area contributed by atoms with Crippen molar-refractivity contribution < 1.29 is 35.3 Å². The van der Waals surface area contributed by atoms with Gasteiger partial charge < -0.3 is 0 Å². The third kappa shape index (κ3) is 3.33. The van der Waals surface area contributed by atoms with Crippen LogP contribution in [0.15, 0.2) is 17.0 Å². The Morgan fingerprint density at radius 3 is 2.05 bits per heavy atom. The van der Waals surface area contributed by atoms with Crippen molar-refractivity contribution in [1.29, 1.82) is 0 Å². The Hall–Kier alpha value is -1.49. The van der Waals surface area contributed by atoms with Gasteiger partial charge in [-0.25, -0.2) is 17.2 Å². The standard InChI is InChI=1S/C8H3ClF5NO4S/c9-20(18,19)6-2-5(15(16)17)4(8(12,13)14)1-3(6)7(10)11/h1-2,7H. The molecule has 0 spiro atoms. The first kappa shape index (κ1) is 16.6. The molecule has 1 aromatic rings. The zero-order valence-electron chi connectivity index (χ0n) is 8.99. The van der Waals surface area contributed by atoms with Crippen molar-refractivity contribution in [1.82, 2.24) is 0 Å². The molecule has 112 valence electrons. The van der Waals surface area contributed by atoms with Gasteiger partial charge in [-0.1, -0.05) is 0 Å². The number of nitrogens with zero attached hydrogens (tertiary/aromatic N) is 1. The number of alkyl halides is 5. The fourth-order valence-electron chi connectivity index (χ4n) is 1.35. The molecule has 0 saturated carbocycles. The molecule has 0 atom stereocenters. The molecule has 12 heteroatoms. The van der Waals surface area contributed by atoms with Crippen LogP contribution in [0.5, 0.6) is 0 Å². The van der Waals surface area contributed by atoms with Crippen LogP contribution in [0.2, 0.25) is 0 Å². The fourth-order valence-corrected chi connectivity index (χ4v) is 2.43. The summed E-state index contributed by atoms with van der Waals surface area (Å²) in [6.07, 6.45) is -8.92. The van der Waals surface area contributed by atoms with E-state index >= 15 is 0 Å². The molecule has 0 amide bonds. The smallest absolute Gasteiger partial charge is 0.258 e. The number of hydrogen-bond acceptors (Lipinski definition) is 4. The van der Waals surface area contributed by atoms with Crippen molar-refractivity contribution >= 4 is 25.4 Å². The molecule has 20 heavy (non-hydrogen) atoms. The van der Waals surface area contributed by atoms with Crippen LogP contribution >= 0.6 is 10.7 Å². The maximum atomic E-state index is 12.6. The fraction of sp³-hybridized carbons (Fsp3) is 0.250. The predicted molar refractivity (Wildman–Crippen MR) is 56.1 cm³/mol. The van der Waals surface area contributed by atoms with Gasteiger partial charge >= 0.3 is 6.18 Å². The van der Waals surface area contributed by atoms with E-state index in [0.717, 1.165) is 0 Å². The topological polar surface area (TPSA) is 77.3 Å². The minimum atomic E-state index is -5.30. The van der Waals surface area contributed by atoms with Crippen molar-refractivity contribution in [2.45, 2.75) is 17.5 Å². The minimum absolute atomic E-state index is 0.132. The van der Waals surface area contributed by atoms with Crippen molar-refractivity contribution in [3.05, 3.63) is 33.4 Å². The number of nitro groups is 1. The third-order valence-corrected chi connectivity index (χ3v) is 3.51. The number of benzene rings is 1. The maximum Gasteiger partial charge on any atom is 0.423 e. The minimum Gasteiger partial charge on any atom is -0.258 e. The van der Waals surface area contributed by atoms with Gasteiger partial charge in [-0.3, -0.25) is 10.1 Å². The van der Waals surface area contributed by atoms with Crippen LogP contribution in [0.1, 0.15) is 17.6 Å². The van der Waals surface area contributed by atoms with Gasteiger partial charge in [-0.2, -0.15) is 13.2 Å². The molecule has 0 aliphatic carbocycles. The van der Waals surface area contributed by atoms with E-state index in [9.17, 15) is 40.5 Å². The van der Waals surface area contributed by atoms with E-state index in [-0.39, 0.29) is 12.1 Å². The summed E-state index contributed by atoms with van der Waals surface area (Å²) in [4.78, 5) is 7.53. The average Bonchev–Trinajstić information content (AvgIpc) is 2.24. The summed E-state index contributed by atoms with van der Waals surface area (Å²) in [5.41, 5.74) is -5.22. The highest BCUT2D eigenvalue weighted by Gasteiger charge is 2.41. The molecule has 0 fully saturated rings. The van der Waals surface area contributed by atoms with Gasteiger partial charge in [0.1, 0.15) is 5.56 Å². The van der Waals surface area contributed by atoms with Crippen LogP contribution in [0.3, 0.4) is 0 Å². The number of rotatable bonds is 3. The lowest BCUT2D eigenvalue weighted by molar-refractivity contribution is -0.388. The summed E-state index contributed by atoms with van der Waals surface area (Å²) >= 11 is 0. The van der Waals surface area contributed by atoms with E-state index in [0.29, 0.717) is 0 Å². The summed E-state index contributed by atoms with van der Waals surface area (Å²) in [6, 6.07) is -0.426. The van der Waals surface area contributed by atoms with Crippen molar-refractivity contribution in [2.75, 3.05) is 0 Å². The Morgan fingerprint density at radius 1 is 1.25 bits per heavy atom. The Labute approximate surface area is 112 Å². The molecule has 0 radical (unpaired) electrons. The van der Waals surface area contributed by atoms with Gasteiger partial charge in [0.2, 0.25) is 0 Å². The molecule has 0 aliphatic rings. The van der Waals surface area contributed by atoms with Gasteiger partial charge in [-0.05, 0) is 6.07 Å². The number of nitro benzene ring substituents is 1. The average molecular weight is 340 g/mol. The molecule has 0 aromatic heterocycles. The summed E-state index contributed by atoms with van der Waals surface area (Å²) in [7, 11) is -0.0902. The lowest BCUT2D eigenvalue weighted by Gasteiger charge is -2.12. The molecule has 0 saturated heterocycles. The van der Waals surface area contributed by atoms with E-state index in [1.807, 2.05) is 0 Å². The summed E-state index contributed by atoms with van der Waals surface area (Å²) < 4.78 is 84.9. The van der Waals surface area contributed by atoms with Crippen LogP contribution in [0.4, 0.5) is 27.6 Å². The second kappa shape index (κ2) is 5.13. The summed E-state index contributed by atoms with van der Waals surface area (Å²) in [5.74, 6) is 0. The first-order valence-corrected chi connectivity index (χ1v) is 6.79. The van der Waals surface area contributed by atoms with Crippen molar-refractivity contribution in [3.63, 3.8) is 0 Å². The SMILES string of the molecule is O=[N+]([O-])c1cc(S(=O)(=O)Cl)c(C(F)F)cc1C(F)(F)F. The molecule has 0 heterocycles. The summed E-state index contributed by atoms with van der Waals surface area (Å²) in [6.45, 7) is 0. The van der Waals surface area contributed by atoms with Gasteiger partial charge in [0.25, 0.3) is 21.2 Å².